The summed E-state index contributed by atoms with van der Waals surface area (Å²) in [6.07, 6.45) is 1.56. The van der Waals surface area contributed by atoms with Crippen LogP contribution in [0.4, 0.5) is 0 Å². The van der Waals surface area contributed by atoms with Crippen molar-refractivity contribution in [3.8, 4) is 11.5 Å². The van der Waals surface area contributed by atoms with Gasteiger partial charge in [0.1, 0.15) is 10.4 Å². The SMILES string of the molecule is CCOc1cc(/C=C(/Sc2nc3ccccc3o2)C(=O)O)ccc1OC(C)C. The molecule has 6 nitrogen and oxygen atoms in total. The third kappa shape index (κ3) is 4.86. The number of carboxylic acids is 1. The molecule has 0 bridgehead atoms. The minimum absolute atomic E-state index is 0.00453. The zero-order chi connectivity index (χ0) is 20.1. The largest absolute Gasteiger partial charge is 0.490 e. The first-order valence-electron chi connectivity index (χ1n) is 8.88. The van der Waals surface area contributed by atoms with Gasteiger partial charge >= 0.3 is 5.97 Å². The molecular formula is C21H21NO5S. The summed E-state index contributed by atoms with van der Waals surface area (Å²) >= 11 is 0.963. The Labute approximate surface area is 167 Å². The number of para-hydroxylation sites is 2. The number of oxazole rings is 1. The first kappa shape index (κ1) is 19.8. The fourth-order valence-electron chi connectivity index (χ4n) is 2.51. The van der Waals surface area contributed by atoms with Gasteiger partial charge < -0.3 is 19.0 Å². The van der Waals surface area contributed by atoms with Crippen molar-refractivity contribution >= 4 is 34.9 Å². The maximum atomic E-state index is 11.7. The average molecular weight is 399 g/mol. The van der Waals surface area contributed by atoms with Crippen LogP contribution in [-0.4, -0.2) is 28.8 Å². The van der Waals surface area contributed by atoms with Crippen LogP contribution in [-0.2, 0) is 4.79 Å². The minimum atomic E-state index is -1.06. The van der Waals surface area contributed by atoms with E-state index >= 15 is 0 Å². The second-order valence-corrected chi connectivity index (χ2v) is 7.16. The molecule has 0 unspecified atom stereocenters. The number of hydrogen-bond donors (Lipinski definition) is 1. The van der Waals surface area contributed by atoms with Crippen molar-refractivity contribution in [1.29, 1.82) is 0 Å². The lowest BCUT2D eigenvalue weighted by Crippen LogP contribution is -2.07. The number of ether oxygens (including phenoxy) is 2. The Bertz CT molecular complexity index is 976. The molecule has 146 valence electrons. The van der Waals surface area contributed by atoms with Crippen molar-refractivity contribution in [3.63, 3.8) is 0 Å². The van der Waals surface area contributed by atoms with Crippen LogP contribution >= 0.6 is 11.8 Å². The molecule has 3 aromatic rings. The number of benzene rings is 2. The zero-order valence-electron chi connectivity index (χ0n) is 15.8. The van der Waals surface area contributed by atoms with E-state index < -0.39 is 5.97 Å². The fourth-order valence-corrected chi connectivity index (χ4v) is 3.25. The summed E-state index contributed by atoms with van der Waals surface area (Å²) < 4.78 is 17.0. The molecule has 28 heavy (non-hydrogen) atoms. The molecule has 0 radical (unpaired) electrons. The molecule has 0 saturated heterocycles. The second kappa shape index (κ2) is 8.84. The number of nitrogens with zero attached hydrogens (tertiary/aromatic N) is 1. The smallest absolute Gasteiger partial charge is 0.342 e. The Morgan fingerprint density at radius 2 is 2.04 bits per heavy atom. The average Bonchev–Trinajstić information content (AvgIpc) is 3.05. The molecule has 0 aliphatic carbocycles. The quantitative estimate of drug-likeness (QED) is 0.410. The minimum Gasteiger partial charge on any atom is -0.490 e. The highest BCUT2D eigenvalue weighted by atomic mass is 32.2. The number of aliphatic carboxylic acids is 1. The summed E-state index contributed by atoms with van der Waals surface area (Å²) in [5, 5.41) is 9.88. The maximum Gasteiger partial charge on any atom is 0.342 e. The molecular weight excluding hydrogens is 378 g/mol. The second-order valence-electron chi connectivity index (χ2n) is 6.17. The van der Waals surface area contributed by atoms with Gasteiger partial charge in [-0.3, -0.25) is 0 Å². The fraction of sp³-hybridized carbons (Fsp3) is 0.238. The third-order valence-corrected chi connectivity index (χ3v) is 4.47. The molecule has 0 amide bonds. The van der Waals surface area contributed by atoms with Crippen molar-refractivity contribution in [2.75, 3.05) is 6.61 Å². The molecule has 1 heterocycles. The van der Waals surface area contributed by atoms with E-state index in [9.17, 15) is 9.90 Å². The lowest BCUT2D eigenvalue weighted by atomic mass is 10.2. The highest BCUT2D eigenvalue weighted by Gasteiger charge is 2.16. The van der Waals surface area contributed by atoms with Crippen molar-refractivity contribution in [2.45, 2.75) is 32.1 Å². The highest BCUT2D eigenvalue weighted by Crippen LogP contribution is 2.33. The predicted octanol–water partition coefficient (Wildman–Crippen LogP) is 5.23. The standard InChI is InChI=1S/C21H21NO5S/c1-4-25-18-11-14(9-10-17(18)26-13(2)3)12-19(20(23)24)28-21-22-15-7-5-6-8-16(15)27-21/h5-13H,4H2,1-3H3,(H,23,24)/b19-12+. The van der Waals surface area contributed by atoms with Crippen molar-refractivity contribution in [2.24, 2.45) is 0 Å². The van der Waals surface area contributed by atoms with Crippen molar-refractivity contribution < 1.29 is 23.8 Å². The summed E-state index contributed by atoms with van der Waals surface area (Å²) in [7, 11) is 0. The molecule has 2 aromatic carbocycles. The van der Waals surface area contributed by atoms with E-state index in [4.69, 9.17) is 13.9 Å². The summed E-state index contributed by atoms with van der Waals surface area (Å²) in [4.78, 5) is 16.1. The van der Waals surface area contributed by atoms with E-state index in [1.165, 1.54) is 0 Å². The first-order valence-corrected chi connectivity index (χ1v) is 9.70. The van der Waals surface area contributed by atoms with Crippen LogP contribution in [0, 0.1) is 0 Å². The third-order valence-electron chi connectivity index (χ3n) is 3.61. The Kier molecular flexibility index (Phi) is 6.26. The number of carboxylic acid groups (broad SMARTS) is 1. The number of aromatic nitrogens is 1. The van der Waals surface area contributed by atoms with Gasteiger partial charge in [-0.15, -0.1) is 0 Å². The topological polar surface area (TPSA) is 81.8 Å². The number of hydrogen-bond acceptors (Lipinski definition) is 6. The van der Waals surface area contributed by atoms with Gasteiger partial charge in [-0.2, -0.15) is 0 Å². The Morgan fingerprint density at radius 1 is 1.25 bits per heavy atom. The van der Waals surface area contributed by atoms with Crippen molar-refractivity contribution in [3.05, 3.63) is 52.9 Å². The number of carbonyl (C=O) groups is 1. The molecule has 7 heteroatoms. The number of thioether (sulfide) groups is 1. The van der Waals surface area contributed by atoms with E-state index in [0.29, 0.717) is 34.8 Å². The van der Waals surface area contributed by atoms with Crippen LogP contribution in [0.5, 0.6) is 11.5 Å². The van der Waals surface area contributed by atoms with E-state index in [1.54, 1.807) is 30.3 Å². The van der Waals surface area contributed by atoms with E-state index in [2.05, 4.69) is 4.98 Å². The molecule has 1 aromatic heterocycles. The van der Waals surface area contributed by atoms with Crippen LogP contribution in [0.3, 0.4) is 0 Å². The first-order chi connectivity index (χ1) is 13.5. The molecule has 0 aliphatic heterocycles. The van der Waals surface area contributed by atoms with Crippen LogP contribution in [0.1, 0.15) is 26.3 Å². The predicted molar refractivity (Wildman–Crippen MR) is 109 cm³/mol. The van der Waals surface area contributed by atoms with Gasteiger partial charge in [-0.1, -0.05) is 18.2 Å². The van der Waals surface area contributed by atoms with Crippen molar-refractivity contribution in [1.82, 2.24) is 4.98 Å². The van der Waals surface area contributed by atoms with Gasteiger partial charge in [0.25, 0.3) is 5.22 Å². The number of fused-ring (bicyclic) bond motifs is 1. The molecule has 0 spiro atoms. The normalized spacial score (nSPS) is 11.8. The van der Waals surface area contributed by atoms with Crippen LogP contribution in [0.15, 0.2) is 57.0 Å². The summed E-state index contributed by atoms with van der Waals surface area (Å²) in [5.41, 5.74) is 1.98. The van der Waals surface area contributed by atoms with Crippen LogP contribution < -0.4 is 9.47 Å². The highest BCUT2D eigenvalue weighted by molar-refractivity contribution is 8.03. The Balaban J connectivity index is 1.90. The molecule has 0 atom stereocenters. The summed E-state index contributed by atoms with van der Waals surface area (Å²) in [6, 6.07) is 12.6. The van der Waals surface area contributed by atoms with E-state index in [1.807, 2.05) is 39.0 Å². The molecule has 0 saturated carbocycles. The summed E-state index contributed by atoms with van der Waals surface area (Å²) in [6.45, 7) is 6.23. The summed E-state index contributed by atoms with van der Waals surface area (Å²) in [5.74, 6) is 0.131. The molecule has 3 rings (SSSR count). The van der Waals surface area contributed by atoms with Gasteiger partial charge in [0, 0.05) is 0 Å². The molecule has 0 fully saturated rings. The Hall–Kier alpha value is -2.93. The monoisotopic (exact) mass is 399 g/mol. The molecule has 1 N–H and O–H groups in total. The van der Waals surface area contributed by atoms with Gasteiger partial charge in [0.2, 0.25) is 0 Å². The van der Waals surface area contributed by atoms with E-state index in [-0.39, 0.29) is 16.2 Å². The van der Waals surface area contributed by atoms with E-state index in [0.717, 1.165) is 11.8 Å². The lowest BCUT2D eigenvalue weighted by Gasteiger charge is -2.15. The van der Waals surface area contributed by atoms with Gasteiger partial charge in [-0.05, 0) is 68.4 Å². The molecule has 0 aliphatic rings. The van der Waals surface area contributed by atoms with Gasteiger partial charge in [0.15, 0.2) is 17.1 Å². The van der Waals surface area contributed by atoms with Crippen LogP contribution in [0.25, 0.3) is 17.2 Å². The maximum absolute atomic E-state index is 11.7. The zero-order valence-corrected chi connectivity index (χ0v) is 16.7. The lowest BCUT2D eigenvalue weighted by molar-refractivity contribution is -0.131. The van der Waals surface area contributed by atoms with Gasteiger partial charge in [-0.25, -0.2) is 9.78 Å². The number of rotatable bonds is 8. The van der Waals surface area contributed by atoms with Gasteiger partial charge in [0.05, 0.1) is 12.7 Å². The Morgan fingerprint density at radius 3 is 2.71 bits per heavy atom. The van der Waals surface area contributed by atoms with Crippen LogP contribution in [0.2, 0.25) is 0 Å².